The van der Waals surface area contributed by atoms with Crippen molar-refractivity contribution in [2.75, 3.05) is 0 Å². The van der Waals surface area contributed by atoms with Crippen LogP contribution in [0.15, 0.2) is 12.7 Å². The number of epoxide rings is 1. The zero-order chi connectivity index (χ0) is 21.8. The second-order valence-electron chi connectivity index (χ2n) is 12.6. The van der Waals surface area contributed by atoms with Gasteiger partial charge in [-0.05, 0) is 75.5 Å². The molecule has 0 aromatic carbocycles. The Bertz CT molecular complexity index is 790. The first kappa shape index (κ1) is 20.9. The van der Waals surface area contributed by atoms with Crippen LogP contribution in [0.2, 0.25) is 0 Å². The van der Waals surface area contributed by atoms with E-state index >= 15 is 0 Å². The number of hydrogen-bond donors (Lipinski definition) is 0. The number of ether oxygens (including phenoxy) is 3. The highest BCUT2D eigenvalue weighted by molar-refractivity contribution is 5.84. The summed E-state index contributed by atoms with van der Waals surface area (Å²) in [5.74, 6) is 2.46. The number of hydrogen-bond acceptors (Lipinski definition) is 4. The van der Waals surface area contributed by atoms with Gasteiger partial charge in [-0.2, -0.15) is 0 Å². The van der Waals surface area contributed by atoms with Gasteiger partial charge in [0, 0.05) is 30.6 Å². The molecule has 0 amide bonds. The first-order valence-electron chi connectivity index (χ1n) is 12.8. The molecule has 6 fully saturated rings. The molecule has 3 aliphatic heterocycles. The lowest BCUT2D eigenvalue weighted by Crippen LogP contribution is -2.46. The van der Waals surface area contributed by atoms with E-state index < -0.39 is 5.79 Å². The van der Waals surface area contributed by atoms with Gasteiger partial charge in [-0.1, -0.05) is 19.9 Å². The summed E-state index contributed by atoms with van der Waals surface area (Å²) in [4.78, 5) is 13.4. The summed E-state index contributed by atoms with van der Waals surface area (Å²) in [6.07, 6.45) is 11.5. The average molecular weight is 429 g/mol. The number of ketones is 1. The van der Waals surface area contributed by atoms with Crippen LogP contribution in [0, 0.1) is 40.9 Å². The quantitative estimate of drug-likeness (QED) is 0.452. The Kier molecular flexibility index (Phi) is 4.49. The van der Waals surface area contributed by atoms with Crippen molar-refractivity contribution in [2.24, 2.45) is 40.9 Å². The molecule has 3 heterocycles. The van der Waals surface area contributed by atoms with E-state index in [-0.39, 0.29) is 34.9 Å². The SMILES string of the molecule is C=C[C@@H]1[C@H](C[C@@H]2C(=O)C[C@H]3[C@H]2CC[C@H]2C[C@@H]4O[C@@H]4C[C@@]23C)O[C@]2(CCC(C)(C)O2)[C@H]1C. The van der Waals surface area contributed by atoms with E-state index in [9.17, 15) is 4.79 Å². The Labute approximate surface area is 187 Å². The van der Waals surface area contributed by atoms with Gasteiger partial charge >= 0.3 is 0 Å². The molecule has 0 aromatic heterocycles. The minimum absolute atomic E-state index is 0.0436. The topological polar surface area (TPSA) is 48.1 Å². The zero-order valence-corrected chi connectivity index (χ0v) is 19.8. The van der Waals surface area contributed by atoms with Crippen LogP contribution in [-0.2, 0) is 19.0 Å². The highest BCUT2D eigenvalue weighted by Gasteiger charge is 2.63. The molecule has 0 unspecified atom stereocenters. The molecular formula is C27H40O4. The van der Waals surface area contributed by atoms with Gasteiger partial charge in [0.25, 0.3) is 0 Å². The van der Waals surface area contributed by atoms with Crippen molar-refractivity contribution in [3.63, 3.8) is 0 Å². The summed E-state index contributed by atoms with van der Waals surface area (Å²) < 4.78 is 19.2. The molecule has 4 nitrogen and oxygen atoms in total. The maximum atomic E-state index is 13.4. The van der Waals surface area contributed by atoms with E-state index in [1.54, 1.807) is 0 Å². The van der Waals surface area contributed by atoms with E-state index in [1.807, 2.05) is 0 Å². The molecule has 0 radical (unpaired) electrons. The maximum absolute atomic E-state index is 13.4. The van der Waals surface area contributed by atoms with Gasteiger partial charge in [-0.3, -0.25) is 4.79 Å². The van der Waals surface area contributed by atoms with Gasteiger partial charge in [0.1, 0.15) is 5.78 Å². The summed E-state index contributed by atoms with van der Waals surface area (Å²) in [6, 6.07) is 0. The van der Waals surface area contributed by atoms with E-state index in [2.05, 4.69) is 40.3 Å². The number of fused-ring (bicyclic) bond motifs is 4. The largest absolute Gasteiger partial charge is 0.370 e. The molecule has 6 rings (SSSR count). The number of carbonyl (C=O) groups is 1. The highest BCUT2D eigenvalue weighted by Crippen LogP contribution is 2.64. The predicted octanol–water partition coefficient (Wildman–Crippen LogP) is 5.30. The monoisotopic (exact) mass is 428 g/mol. The summed E-state index contributed by atoms with van der Waals surface area (Å²) in [6.45, 7) is 13.2. The lowest BCUT2D eigenvalue weighted by molar-refractivity contribution is -0.251. The Balaban J connectivity index is 1.22. The third-order valence-electron chi connectivity index (χ3n) is 10.7. The van der Waals surface area contributed by atoms with Crippen molar-refractivity contribution in [3.05, 3.63) is 12.7 Å². The lowest BCUT2D eigenvalue weighted by atomic mass is 9.52. The van der Waals surface area contributed by atoms with E-state index in [4.69, 9.17) is 14.2 Å². The summed E-state index contributed by atoms with van der Waals surface area (Å²) >= 11 is 0. The Morgan fingerprint density at radius 3 is 2.68 bits per heavy atom. The van der Waals surface area contributed by atoms with Crippen LogP contribution in [-0.4, -0.2) is 35.5 Å². The molecule has 0 aromatic rings. The molecule has 0 bridgehead atoms. The van der Waals surface area contributed by atoms with Crippen molar-refractivity contribution in [1.29, 1.82) is 0 Å². The summed E-state index contributed by atoms with van der Waals surface area (Å²) in [5.41, 5.74) is 0.145. The molecule has 6 aliphatic rings. The Hall–Kier alpha value is -0.710. The fourth-order valence-corrected chi connectivity index (χ4v) is 8.80. The van der Waals surface area contributed by atoms with E-state index in [0.717, 1.165) is 31.6 Å². The minimum Gasteiger partial charge on any atom is -0.370 e. The van der Waals surface area contributed by atoms with E-state index in [1.165, 1.54) is 25.7 Å². The molecule has 0 N–H and O–H groups in total. The highest BCUT2D eigenvalue weighted by atomic mass is 16.7. The van der Waals surface area contributed by atoms with Gasteiger partial charge in [0.05, 0.1) is 23.9 Å². The van der Waals surface area contributed by atoms with Gasteiger partial charge in [-0.25, -0.2) is 0 Å². The van der Waals surface area contributed by atoms with Crippen LogP contribution >= 0.6 is 0 Å². The second-order valence-corrected chi connectivity index (χ2v) is 12.6. The van der Waals surface area contributed by atoms with Crippen LogP contribution in [0.4, 0.5) is 0 Å². The molecule has 3 saturated heterocycles. The molecule has 3 saturated carbocycles. The van der Waals surface area contributed by atoms with Crippen molar-refractivity contribution in [3.8, 4) is 0 Å². The van der Waals surface area contributed by atoms with Crippen molar-refractivity contribution in [1.82, 2.24) is 0 Å². The first-order chi connectivity index (χ1) is 14.7. The van der Waals surface area contributed by atoms with Gasteiger partial charge in [0.2, 0.25) is 0 Å². The maximum Gasteiger partial charge on any atom is 0.172 e. The summed E-state index contributed by atoms with van der Waals surface area (Å²) in [7, 11) is 0. The van der Waals surface area contributed by atoms with Crippen molar-refractivity contribution in [2.45, 2.75) is 109 Å². The van der Waals surface area contributed by atoms with Crippen LogP contribution in [0.5, 0.6) is 0 Å². The number of rotatable bonds is 3. The molecular weight excluding hydrogens is 388 g/mol. The fourth-order valence-electron chi connectivity index (χ4n) is 8.80. The van der Waals surface area contributed by atoms with Crippen LogP contribution in [0.25, 0.3) is 0 Å². The average Bonchev–Trinajstić information content (AvgIpc) is 3.16. The van der Waals surface area contributed by atoms with Gasteiger partial charge in [-0.15, -0.1) is 6.58 Å². The zero-order valence-electron chi connectivity index (χ0n) is 19.8. The van der Waals surface area contributed by atoms with E-state index in [0.29, 0.717) is 29.8 Å². The second kappa shape index (κ2) is 6.67. The lowest BCUT2D eigenvalue weighted by Gasteiger charge is -2.51. The van der Waals surface area contributed by atoms with Crippen LogP contribution < -0.4 is 0 Å². The van der Waals surface area contributed by atoms with Crippen LogP contribution in [0.3, 0.4) is 0 Å². The molecule has 11 atom stereocenters. The third kappa shape index (κ3) is 3.00. The normalized spacial score (nSPS) is 56.9. The molecule has 1 spiro atoms. The molecule has 4 heteroatoms. The number of Topliss-reactive ketones (excluding diaryl/α,β-unsaturated/α-hetero) is 1. The predicted molar refractivity (Wildman–Crippen MR) is 118 cm³/mol. The Morgan fingerprint density at radius 1 is 1.16 bits per heavy atom. The Morgan fingerprint density at radius 2 is 1.97 bits per heavy atom. The third-order valence-corrected chi connectivity index (χ3v) is 10.7. The fraction of sp³-hybridized carbons (Fsp3) is 0.889. The number of carbonyl (C=O) groups excluding carboxylic acids is 1. The standard InChI is InChI=1S/C27H40O4/c1-6-17-15(2)27(10-9-25(3,4)31-27)30-22(17)12-19-18-8-7-16-11-23-24(29-23)14-26(16,5)20(18)13-21(19)28/h6,15-20,22-24H,1,7-14H2,2-5H3/t15-,16-,17-,18-,19-,20-,22-,23-,24+,26-,27-/m0/s1. The van der Waals surface area contributed by atoms with Crippen LogP contribution in [0.1, 0.15) is 79.1 Å². The molecule has 3 aliphatic carbocycles. The summed E-state index contributed by atoms with van der Waals surface area (Å²) in [5, 5.41) is 0. The smallest absolute Gasteiger partial charge is 0.172 e. The first-order valence-corrected chi connectivity index (χ1v) is 12.8. The van der Waals surface area contributed by atoms with Gasteiger partial charge in [0.15, 0.2) is 5.79 Å². The van der Waals surface area contributed by atoms with Crippen molar-refractivity contribution < 1.29 is 19.0 Å². The minimum atomic E-state index is -0.501. The molecule has 31 heavy (non-hydrogen) atoms. The van der Waals surface area contributed by atoms with Crippen molar-refractivity contribution >= 4 is 5.78 Å². The van der Waals surface area contributed by atoms with Gasteiger partial charge < -0.3 is 14.2 Å². The molecule has 172 valence electrons.